The molecule has 0 fully saturated rings. The van der Waals surface area contributed by atoms with E-state index in [1.54, 1.807) is 11.3 Å². The van der Waals surface area contributed by atoms with Crippen LogP contribution in [0.3, 0.4) is 0 Å². The Morgan fingerprint density at radius 3 is 2.83 bits per heavy atom. The molecule has 2 nitrogen and oxygen atoms in total. The molecule has 1 N–H and O–H groups in total. The van der Waals surface area contributed by atoms with Gasteiger partial charge in [-0.05, 0) is 23.9 Å². The molecule has 0 spiro atoms. The topological polar surface area (TPSA) is 23.5 Å². The highest BCUT2D eigenvalue weighted by Gasteiger charge is 2.09. The highest BCUT2D eigenvalue weighted by Crippen LogP contribution is 2.18. The molecule has 1 aromatic rings. The van der Waals surface area contributed by atoms with Gasteiger partial charge in [-0.3, -0.25) is 4.90 Å². The van der Waals surface area contributed by atoms with E-state index in [4.69, 9.17) is 5.11 Å². The first-order chi connectivity index (χ1) is 8.67. The monoisotopic (exact) mass is 265 g/mol. The highest BCUT2D eigenvalue weighted by atomic mass is 32.1. The maximum Gasteiger partial charge on any atom is 0.0540 e. The summed E-state index contributed by atoms with van der Waals surface area (Å²) in [6.45, 7) is 10.0. The van der Waals surface area contributed by atoms with Gasteiger partial charge in [0.15, 0.2) is 0 Å². The Morgan fingerprint density at radius 2 is 2.22 bits per heavy atom. The van der Waals surface area contributed by atoms with E-state index in [0.717, 1.165) is 25.2 Å². The van der Waals surface area contributed by atoms with Crippen LogP contribution in [0.25, 0.3) is 0 Å². The minimum absolute atomic E-state index is 0.140. The van der Waals surface area contributed by atoms with E-state index < -0.39 is 0 Å². The zero-order valence-electron chi connectivity index (χ0n) is 11.6. The van der Waals surface area contributed by atoms with E-state index in [2.05, 4.69) is 49.0 Å². The number of rotatable bonds is 6. The molecule has 0 bridgehead atoms. The van der Waals surface area contributed by atoms with Crippen LogP contribution in [0.4, 0.5) is 0 Å². The minimum atomic E-state index is 0.140. The number of aliphatic hydroxyl groups excluding tert-OH is 1. The van der Waals surface area contributed by atoms with Gasteiger partial charge < -0.3 is 5.11 Å². The van der Waals surface area contributed by atoms with Crippen LogP contribution in [0.1, 0.15) is 37.6 Å². The first kappa shape index (κ1) is 15.2. The van der Waals surface area contributed by atoms with Crippen molar-refractivity contribution < 1.29 is 5.11 Å². The molecule has 0 unspecified atom stereocenters. The zero-order chi connectivity index (χ0) is 13.4. The van der Waals surface area contributed by atoms with E-state index in [1.165, 1.54) is 4.88 Å². The first-order valence-electron chi connectivity index (χ1n) is 6.55. The molecule has 0 saturated heterocycles. The Hall–Kier alpha value is -0.820. The molecular formula is C15H23NOS. The van der Waals surface area contributed by atoms with Crippen LogP contribution < -0.4 is 0 Å². The number of hydrogen-bond acceptors (Lipinski definition) is 3. The number of thiophene rings is 1. The van der Waals surface area contributed by atoms with Gasteiger partial charge in [-0.15, -0.1) is 11.3 Å². The second kappa shape index (κ2) is 8.31. The summed E-state index contributed by atoms with van der Waals surface area (Å²) in [7, 11) is 0. The first-order valence-corrected chi connectivity index (χ1v) is 7.43. The molecule has 18 heavy (non-hydrogen) atoms. The maximum atomic E-state index is 8.74. The van der Waals surface area contributed by atoms with Crippen LogP contribution in [0.2, 0.25) is 0 Å². The van der Waals surface area contributed by atoms with Crippen molar-refractivity contribution in [2.45, 2.75) is 33.7 Å². The summed E-state index contributed by atoms with van der Waals surface area (Å²) < 4.78 is 0. The molecule has 0 aliphatic heterocycles. The molecule has 3 heteroatoms. The van der Waals surface area contributed by atoms with Crippen molar-refractivity contribution in [3.63, 3.8) is 0 Å². The van der Waals surface area contributed by atoms with Crippen LogP contribution in [-0.2, 0) is 6.54 Å². The number of hydrogen-bond donors (Lipinski definition) is 1. The van der Waals surface area contributed by atoms with Crippen molar-refractivity contribution >= 4 is 11.3 Å². The van der Waals surface area contributed by atoms with E-state index in [-0.39, 0.29) is 6.61 Å². The van der Waals surface area contributed by atoms with Gasteiger partial charge in [0.25, 0.3) is 0 Å². The Kier molecular flexibility index (Phi) is 7.04. The molecule has 1 aromatic heterocycles. The highest BCUT2D eigenvalue weighted by molar-refractivity contribution is 7.10. The lowest BCUT2D eigenvalue weighted by atomic mass is 10.2. The lowest BCUT2D eigenvalue weighted by molar-refractivity contribution is 0.250. The zero-order valence-corrected chi connectivity index (χ0v) is 12.4. The third kappa shape index (κ3) is 5.22. The van der Waals surface area contributed by atoms with Gasteiger partial charge in [-0.25, -0.2) is 0 Å². The molecule has 0 radical (unpaired) electrons. The Morgan fingerprint density at radius 1 is 1.44 bits per heavy atom. The Balaban J connectivity index is 2.66. The maximum absolute atomic E-state index is 8.74. The second-order valence-electron chi connectivity index (χ2n) is 4.75. The van der Waals surface area contributed by atoms with Crippen LogP contribution >= 0.6 is 11.3 Å². The van der Waals surface area contributed by atoms with E-state index in [9.17, 15) is 0 Å². The SMILES string of the molecule is CCN(Cc1sccc1C#CCCO)CC(C)C. The largest absolute Gasteiger partial charge is 0.395 e. The summed E-state index contributed by atoms with van der Waals surface area (Å²) in [6.07, 6.45) is 0.554. The average Bonchev–Trinajstić information content (AvgIpc) is 2.75. The van der Waals surface area contributed by atoms with Gasteiger partial charge in [0, 0.05) is 30.0 Å². The number of nitrogens with zero attached hydrogens (tertiary/aromatic N) is 1. The molecule has 0 saturated carbocycles. The quantitative estimate of drug-likeness (QED) is 0.799. The fourth-order valence-corrected chi connectivity index (χ4v) is 2.68. The van der Waals surface area contributed by atoms with Gasteiger partial charge in [0.2, 0.25) is 0 Å². The fourth-order valence-electron chi connectivity index (χ4n) is 1.81. The van der Waals surface area contributed by atoms with E-state index >= 15 is 0 Å². The molecule has 0 atom stereocenters. The second-order valence-corrected chi connectivity index (χ2v) is 5.76. The van der Waals surface area contributed by atoms with Gasteiger partial charge in [0.05, 0.1) is 6.61 Å². The summed E-state index contributed by atoms with van der Waals surface area (Å²) in [5.74, 6) is 6.84. The van der Waals surface area contributed by atoms with Crippen molar-refractivity contribution in [2.75, 3.05) is 19.7 Å². The van der Waals surface area contributed by atoms with Crippen molar-refractivity contribution in [3.05, 3.63) is 21.9 Å². The normalized spacial score (nSPS) is 10.8. The van der Waals surface area contributed by atoms with Crippen molar-refractivity contribution in [1.29, 1.82) is 0 Å². The summed E-state index contributed by atoms with van der Waals surface area (Å²) in [5, 5.41) is 10.8. The minimum Gasteiger partial charge on any atom is -0.395 e. The van der Waals surface area contributed by atoms with Crippen molar-refractivity contribution in [2.24, 2.45) is 5.92 Å². The van der Waals surface area contributed by atoms with Crippen molar-refractivity contribution in [3.8, 4) is 11.8 Å². The molecule has 0 aromatic carbocycles. The van der Waals surface area contributed by atoms with E-state index in [0.29, 0.717) is 12.3 Å². The predicted molar refractivity (Wildman–Crippen MR) is 78.7 cm³/mol. The molecule has 0 amide bonds. The third-order valence-corrected chi connectivity index (χ3v) is 3.55. The lowest BCUT2D eigenvalue weighted by Crippen LogP contribution is -2.26. The molecule has 100 valence electrons. The fraction of sp³-hybridized carbons (Fsp3) is 0.600. The number of aliphatic hydroxyl groups is 1. The Bertz CT molecular complexity index is 400. The Labute approximate surface area is 115 Å². The lowest BCUT2D eigenvalue weighted by Gasteiger charge is -2.21. The molecule has 1 heterocycles. The average molecular weight is 265 g/mol. The summed E-state index contributed by atoms with van der Waals surface area (Å²) in [5.41, 5.74) is 1.12. The van der Waals surface area contributed by atoms with Crippen LogP contribution in [0.5, 0.6) is 0 Å². The van der Waals surface area contributed by atoms with Crippen LogP contribution in [-0.4, -0.2) is 29.7 Å². The standard InChI is InChI=1S/C15H23NOS/c1-4-16(11-13(2)3)12-15-14(8-10-18-15)7-5-6-9-17/h8,10,13,17H,4,6,9,11-12H2,1-3H3. The van der Waals surface area contributed by atoms with Crippen molar-refractivity contribution in [1.82, 2.24) is 4.90 Å². The predicted octanol–water partition coefficient (Wildman–Crippen LogP) is 2.96. The third-order valence-electron chi connectivity index (χ3n) is 2.64. The molecule has 0 aliphatic rings. The summed E-state index contributed by atoms with van der Waals surface area (Å²) in [6, 6.07) is 2.08. The summed E-state index contributed by atoms with van der Waals surface area (Å²) >= 11 is 1.77. The van der Waals surface area contributed by atoms with Gasteiger partial charge in [-0.1, -0.05) is 32.6 Å². The van der Waals surface area contributed by atoms with Crippen LogP contribution in [0.15, 0.2) is 11.4 Å². The van der Waals surface area contributed by atoms with Gasteiger partial charge >= 0.3 is 0 Å². The van der Waals surface area contributed by atoms with Gasteiger partial charge in [-0.2, -0.15) is 0 Å². The summed E-state index contributed by atoms with van der Waals surface area (Å²) in [4.78, 5) is 3.79. The van der Waals surface area contributed by atoms with E-state index in [1.807, 2.05) is 0 Å². The molecule has 1 rings (SSSR count). The smallest absolute Gasteiger partial charge is 0.0540 e. The molecular weight excluding hydrogens is 242 g/mol. The van der Waals surface area contributed by atoms with Crippen LogP contribution in [0, 0.1) is 17.8 Å². The van der Waals surface area contributed by atoms with Gasteiger partial charge in [0.1, 0.15) is 0 Å². The molecule has 0 aliphatic carbocycles.